The average molecular weight is 433 g/mol. The number of hydrogen-bond acceptors (Lipinski definition) is 4. The zero-order valence-corrected chi connectivity index (χ0v) is 17.1. The lowest BCUT2D eigenvalue weighted by Crippen LogP contribution is -2.30. The van der Waals surface area contributed by atoms with E-state index in [1.165, 1.54) is 11.3 Å². The van der Waals surface area contributed by atoms with Crippen molar-refractivity contribution in [3.63, 3.8) is 0 Å². The third-order valence-electron chi connectivity index (χ3n) is 4.15. The Morgan fingerprint density at radius 2 is 2.08 bits per heavy atom. The fraction of sp³-hybridized carbons (Fsp3) is 0.263. The topological polar surface area (TPSA) is 58.9 Å². The molecule has 0 aliphatic carbocycles. The van der Waals surface area contributed by atoms with Crippen molar-refractivity contribution in [1.29, 1.82) is 0 Å². The third kappa shape index (κ3) is 4.23. The highest BCUT2D eigenvalue weighted by atomic mass is 79.9. The Kier molecular flexibility index (Phi) is 6.24. The van der Waals surface area contributed by atoms with E-state index in [9.17, 15) is 4.79 Å². The SMILES string of the molecule is CNCCC(NC(=O)c1cc(Br)c(-c2ccnn2C)s1)c1ccccc1. The Hall–Kier alpha value is -1.96. The third-order valence-corrected chi connectivity index (χ3v) is 6.20. The van der Waals surface area contributed by atoms with Crippen molar-refractivity contribution in [2.24, 2.45) is 7.05 Å². The van der Waals surface area contributed by atoms with Crippen LogP contribution in [0.3, 0.4) is 0 Å². The van der Waals surface area contributed by atoms with Gasteiger partial charge >= 0.3 is 0 Å². The molecule has 0 saturated carbocycles. The molecule has 0 aliphatic rings. The summed E-state index contributed by atoms with van der Waals surface area (Å²) in [5, 5.41) is 10.5. The number of halogens is 1. The number of hydrogen-bond donors (Lipinski definition) is 2. The molecule has 26 heavy (non-hydrogen) atoms. The van der Waals surface area contributed by atoms with Crippen LogP contribution in [0.15, 0.2) is 53.1 Å². The Morgan fingerprint density at radius 3 is 2.73 bits per heavy atom. The lowest BCUT2D eigenvalue weighted by atomic mass is 10.0. The van der Waals surface area contributed by atoms with E-state index in [0.29, 0.717) is 4.88 Å². The van der Waals surface area contributed by atoms with Crippen molar-refractivity contribution in [1.82, 2.24) is 20.4 Å². The van der Waals surface area contributed by atoms with Gasteiger partial charge in [0.2, 0.25) is 0 Å². The Balaban J connectivity index is 1.81. The van der Waals surface area contributed by atoms with Gasteiger partial charge in [0.1, 0.15) is 0 Å². The Morgan fingerprint density at radius 1 is 1.31 bits per heavy atom. The van der Waals surface area contributed by atoms with Crippen molar-refractivity contribution in [3.05, 3.63) is 63.6 Å². The van der Waals surface area contributed by atoms with Gasteiger partial charge in [-0.15, -0.1) is 11.3 Å². The van der Waals surface area contributed by atoms with Gasteiger partial charge in [-0.3, -0.25) is 9.48 Å². The van der Waals surface area contributed by atoms with Crippen LogP contribution in [0, 0.1) is 0 Å². The van der Waals surface area contributed by atoms with Crippen LogP contribution in [0.2, 0.25) is 0 Å². The molecule has 0 saturated heterocycles. The van der Waals surface area contributed by atoms with Gasteiger partial charge < -0.3 is 10.6 Å². The quantitative estimate of drug-likeness (QED) is 0.593. The highest BCUT2D eigenvalue weighted by Gasteiger charge is 2.20. The molecular weight excluding hydrogens is 412 g/mol. The molecule has 3 aromatic rings. The largest absolute Gasteiger partial charge is 0.344 e. The first kappa shape index (κ1) is 18.8. The minimum Gasteiger partial charge on any atom is -0.344 e. The van der Waals surface area contributed by atoms with Gasteiger partial charge in [0.05, 0.1) is 21.5 Å². The van der Waals surface area contributed by atoms with E-state index in [1.54, 1.807) is 10.9 Å². The molecule has 136 valence electrons. The van der Waals surface area contributed by atoms with Crippen LogP contribution in [0.1, 0.15) is 27.7 Å². The van der Waals surface area contributed by atoms with Crippen LogP contribution in [0.25, 0.3) is 10.6 Å². The van der Waals surface area contributed by atoms with E-state index in [1.807, 2.05) is 56.6 Å². The average Bonchev–Trinajstić information content (AvgIpc) is 3.24. The van der Waals surface area contributed by atoms with Crippen LogP contribution in [0.5, 0.6) is 0 Å². The number of nitrogens with one attached hydrogen (secondary N) is 2. The normalized spacial score (nSPS) is 12.1. The van der Waals surface area contributed by atoms with Gasteiger partial charge in [-0.05, 0) is 53.6 Å². The van der Waals surface area contributed by atoms with Crippen molar-refractivity contribution >= 4 is 33.2 Å². The highest BCUT2D eigenvalue weighted by molar-refractivity contribution is 9.10. The maximum atomic E-state index is 12.8. The molecule has 0 fully saturated rings. The number of thiophene rings is 1. The van der Waals surface area contributed by atoms with Gasteiger partial charge in [0.15, 0.2) is 0 Å². The van der Waals surface area contributed by atoms with Crippen molar-refractivity contribution in [3.8, 4) is 10.6 Å². The molecule has 0 radical (unpaired) electrons. The first-order valence-corrected chi connectivity index (χ1v) is 9.99. The second-order valence-electron chi connectivity index (χ2n) is 5.96. The maximum Gasteiger partial charge on any atom is 0.261 e. The van der Waals surface area contributed by atoms with Gasteiger partial charge in [-0.25, -0.2) is 0 Å². The number of aromatic nitrogens is 2. The molecule has 0 spiro atoms. The summed E-state index contributed by atoms with van der Waals surface area (Å²) in [5.41, 5.74) is 2.09. The molecule has 0 aliphatic heterocycles. The number of carbonyl (C=O) groups is 1. The summed E-state index contributed by atoms with van der Waals surface area (Å²) in [5.74, 6) is -0.0610. The van der Waals surface area contributed by atoms with E-state index < -0.39 is 0 Å². The van der Waals surface area contributed by atoms with Crippen molar-refractivity contribution < 1.29 is 4.79 Å². The number of nitrogens with zero attached hydrogens (tertiary/aromatic N) is 2. The summed E-state index contributed by atoms with van der Waals surface area (Å²) in [4.78, 5) is 14.5. The minimum atomic E-state index is -0.0610. The predicted molar refractivity (Wildman–Crippen MR) is 109 cm³/mol. The second-order valence-corrected chi connectivity index (χ2v) is 7.86. The molecule has 2 aromatic heterocycles. The number of carbonyl (C=O) groups excluding carboxylic acids is 1. The second kappa shape index (κ2) is 8.62. The zero-order chi connectivity index (χ0) is 18.5. The Labute approximate surface area is 165 Å². The standard InChI is InChI=1S/C19H21BrN4OS/c1-21-10-8-15(13-6-4-3-5-7-13)23-19(25)17-12-14(20)18(26-17)16-9-11-22-24(16)2/h3-7,9,11-12,15,21H,8,10H2,1-2H3,(H,23,25). The van der Waals surface area contributed by atoms with Gasteiger partial charge in [-0.2, -0.15) is 5.10 Å². The molecule has 3 rings (SSSR count). The number of benzene rings is 1. The van der Waals surface area contributed by atoms with E-state index in [-0.39, 0.29) is 11.9 Å². The van der Waals surface area contributed by atoms with Gasteiger partial charge in [-0.1, -0.05) is 30.3 Å². The molecule has 1 atom stereocenters. The molecule has 2 N–H and O–H groups in total. The van der Waals surface area contributed by atoms with E-state index in [2.05, 4.69) is 31.7 Å². The molecule has 5 nitrogen and oxygen atoms in total. The molecule has 1 amide bonds. The fourth-order valence-electron chi connectivity index (χ4n) is 2.78. The maximum absolute atomic E-state index is 12.8. The van der Waals surface area contributed by atoms with Crippen LogP contribution < -0.4 is 10.6 Å². The van der Waals surface area contributed by atoms with E-state index in [0.717, 1.165) is 33.6 Å². The van der Waals surface area contributed by atoms with Gasteiger partial charge in [0.25, 0.3) is 5.91 Å². The minimum absolute atomic E-state index is 0.0304. The van der Waals surface area contributed by atoms with Gasteiger partial charge in [0, 0.05) is 17.7 Å². The monoisotopic (exact) mass is 432 g/mol. The summed E-state index contributed by atoms with van der Waals surface area (Å²) < 4.78 is 2.71. The predicted octanol–water partition coefficient (Wildman–Crippen LogP) is 3.99. The highest BCUT2D eigenvalue weighted by Crippen LogP contribution is 2.36. The van der Waals surface area contributed by atoms with Crippen molar-refractivity contribution in [2.75, 3.05) is 13.6 Å². The number of amides is 1. The van der Waals surface area contributed by atoms with Crippen LogP contribution in [0.4, 0.5) is 0 Å². The fourth-order valence-corrected chi connectivity index (χ4v) is 4.61. The molecule has 2 heterocycles. The summed E-state index contributed by atoms with van der Waals surface area (Å²) in [6.45, 7) is 0.828. The molecule has 1 aromatic carbocycles. The molecular formula is C19H21BrN4OS. The lowest BCUT2D eigenvalue weighted by Gasteiger charge is -2.18. The van der Waals surface area contributed by atoms with Crippen LogP contribution in [-0.2, 0) is 7.05 Å². The summed E-state index contributed by atoms with van der Waals surface area (Å²) in [6.07, 6.45) is 2.58. The lowest BCUT2D eigenvalue weighted by molar-refractivity contribution is 0.0939. The summed E-state index contributed by atoms with van der Waals surface area (Å²) >= 11 is 5.04. The van der Waals surface area contributed by atoms with E-state index >= 15 is 0 Å². The smallest absolute Gasteiger partial charge is 0.261 e. The number of rotatable bonds is 7. The Bertz CT molecular complexity index is 875. The van der Waals surface area contributed by atoms with E-state index in [4.69, 9.17) is 0 Å². The number of aryl methyl sites for hydroxylation is 1. The van der Waals surface area contributed by atoms with Crippen LogP contribution >= 0.6 is 27.3 Å². The summed E-state index contributed by atoms with van der Waals surface area (Å²) in [6, 6.07) is 13.9. The van der Waals surface area contributed by atoms with Crippen LogP contribution in [-0.4, -0.2) is 29.3 Å². The molecule has 0 bridgehead atoms. The molecule has 1 unspecified atom stereocenters. The summed E-state index contributed by atoms with van der Waals surface area (Å²) in [7, 11) is 3.81. The van der Waals surface area contributed by atoms with Crippen molar-refractivity contribution in [2.45, 2.75) is 12.5 Å². The first-order chi connectivity index (χ1) is 12.6. The molecule has 7 heteroatoms. The first-order valence-electron chi connectivity index (χ1n) is 8.38. The zero-order valence-electron chi connectivity index (χ0n) is 14.7.